The van der Waals surface area contributed by atoms with Crippen molar-refractivity contribution in [3.63, 3.8) is 0 Å². The number of benzene rings is 2. The number of carbonyl (C=O) groups is 2. The lowest BCUT2D eigenvalue weighted by atomic mass is 10.1. The highest BCUT2D eigenvalue weighted by molar-refractivity contribution is 6.34. The molecule has 0 bridgehead atoms. The molecule has 0 heterocycles. The van der Waals surface area contributed by atoms with Gasteiger partial charge in [-0.1, -0.05) is 23.7 Å². The van der Waals surface area contributed by atoms with E-state index in [4.69, 9.17) is 16.7 Å². The number of nitrogens with one attached hydrogen (secondary N) is 1. The first-order valence-corrected chi connectivity index (χ1v) is 6.06. The lowest BCUT2D eigenvalue weighted by Crippen LogP contribution is -2.16. The summed E-state index contributed by atoms with van der Waals surface area (Å²) < 4.78 is 26.3. The average molecular weight is 312 g/mol. The van der Waals surface area contributed by atoms with Gasteiger partial charge in [-0.2, -0.15) is 0 Å². The van der Waals surface area contributed by atoms with E-state index in [1.54, 1.807) is 12.1 Å². The summed E-state index contributed by atoms with van der Waals surface area (Å²) in [5, 5.41) is 11.3. The highest BCUT2D eigenvalue weighted by Gasteiger charge is 2.18. The number of anilines is 1. The van der Waals surface area contributed by atoms with Gasteiger partial charge < -0.3 is 10.4 Å². The van der Waals surface area contributed by atoms with Gasteiger partial charge in [0.1, 0.15) is 0 Å². The number of amides is 1. The molecule has 0 saturated carbocycles. The number of rotatable bonds is 3. The predicted molar refractivity (Wildman–Crippen MR) is 72.7 cm³/mol. The Morgan fingerprint density at radius 1 is 1.05 bits per heavy atom. The number of hydrogen-bond donors (Lipinski definition) is 2. The van der Waals surface area contributed by atoms with Crippen LogP contribution in [0.3, 0.4) is 0 Å². The first-order valence-electron chi connectivity index (χ1n) is 5.68. The fourth-order valence-electron chi connectivity index (χ4n) is 1.66. The van der Waals surface area contributed by atoms with Crippen LogP contribution in [0, 0.1) is 11.6 Å². The van der Waals surface area contributed by atoms with Crippen molar-refractivity contribution in [3.05, 3.63) is 64.2 Å². The van der Waals surface area contributed by atoms with Gasteiger partial charge in [0.2, 0.25) is 0 Å². The Hall–Kier alpha value is -2.47. The Kier molecular flexibility index (Phi) is 4.18. The van der Waals surface area contributed by atoms with E-state index < -0.39 is 29.1 Å². The SMILES string of the molecule is O=C(Nc1cc(F)c(F)cc1C(=O)O)c1ccccc1Cl. The molecular weight excluding hydrogens is 304 g/mol. The van der Waals surface area contributed by atoms with Gasteiger partial charge in [-0.15, -0.1) is 0 Å². The molecule has 0 spiro atoms. The molecule has 108 valence electrons. The van der Waals surface area contributed by atoms with Crippen molar-refractivity contribution in [1.82, 2.24) is 0 Å². The van der Waals surface area contributed by atoms with Gasteiger partial charge in [0, 0.05) is 6.07 Å². The number of carboxylic acid groups (broad SMARTS) is 1. The molecule has 2 N–H and O–H groups in total. The molecule has 0 aliphatic rings. The van der Waals surface area contributed by atoms with Crippen LogP contribution < -0.4 is 5.32 Å². The van der Waals surface area contributed by atoms with Crippen LogP contribution in [0.2, 0.25) is 5.02 Å². The fraction of sp³-hybridized carbons (Fsp3) is 0. The quantitative estimate of drug-likeness (QED) is 0.910. The van der Waals surface area contributed by atoms with E-state index in [1.165, 1.54) is 12.1 Å². The molecule has 0 aliphatic carbocycles. The first-order chi connectivity index (χ1) is 9.90. The standard InChI is InChI=1S/C14H8ClF2NO3/c15-9-4-2-1-3-7(9)13(19)18-12-6-11(17)10(16)5-8(12)14(20)21/h1-6H,(H,18,19)(H,20,21). The van der Waals surface area contributed by atoms with Crippen LogP contribution in [0.15, 0.2) is 36.4 Å². The zero-order valence-electron chi connectivity index (χ0n) is 10.4. The topological polar surface area (TPSA) is 66.4 Å². The maximum absolute atomic E-state index is 13.2. The number of aromatic carboxylic acids is 1. The van der Waals surface area contributed by atoms with Crippen molar-refractivity contribution in [2.75, 3.05) is 5.32 Å². The van der Waals surface area contributed by atoms with Crippen LogP contribution in [0.1, 0.15) is 20.7 Å². The van der Waals surface area contributed by atoms with E-state index >= 15 is 0 Å². The van der Waals surface area contributed by atoms with E-state index in [9.17, 15) is 18.4 Å². The molecular formula is C14H8ClF2NO3. The second-order valence-electron chi connectivity index (χ2n) is 4.05. The van der Waals surface area contributed by atoms with Gasteiger partial charge in [-0.3, -0.25) is 4.79 Å². The first kappa shape index (κ1) is 14.9. The maximum atomic E-state index is 13.2. The van der Waals surface area contributed by atoms with Crippen LogP contribution in [-0.4, -0.2) is 17.0 Å². The van der Waals surface area contributed by atoms with E-state index in [0.29, 0.717) is 12.1 Å². The zero-order valence-corrected chi connectivity index (χ0v) is 11.1. The zero-order chi connectivity index (χ0) is 15.6. The smallest absolute Gasteiger partial charge is 0.337 e. The summed E-state index contributed by atoms with van der Waals surface area (Å²) in [5.74, 6) is -4.81. The number of hydrogen-bond acceptors (Lipinski definition) is 2. The molecule has 0 aromatic heterocycles. The molecule has 0 radical (unpaired) electrons. The van der Waals surface area contributed by atoms with Gasteiger partial charge in [0.15, 0.2) is 11.6 Å². The molecule has 2 aromatic carbocycles. The fourth-order valence-corrected chi connectivity index (χ4v) is 1.88. The lowest BCUT2D eigenvalue weighted by Gasteiger charge is -2.10. The van der Waals surface area contributed by atoms with Crippen LogP contribution >= 0.6 is 11.6 Å². The average Bonchev–Trinajstić information content (AvgIpc) is 2.42. The molecule has 1 amide bonds. The van der Waals surface area contributed by atoms with Gasteiger partial charge in [0.05, 0.1) is 21.8 Å². The van der Waals surface area contributed by atoms with Crippen molar-refractivity contribution >= 4 is 29.2 Å². The summed E-state index contributed by atoms with van der Waals surface area (Å²) in [6.45, 7) is 0. The molecule has 0 aliphatic heterocycles. The molecule has 0 fully saturated rings. The molecule has 21 heavy (non-hydrogen) atoms. The van der Waals surface area contributed by atoms with Crippen molar-refractivity contribution in [1.29, 1.82) is 0 Å². The van der Waals surface area contributed by atoms with Gasteiger partial charge in [0.25, 0.3) is 5.91 Å². The van der Waals surface area contributed by atoms with Gasteiger partial charge >= 0.3 is 5.97 Å². The minimum absolute atomic E-state index is 0.0836. The Morgan fingerprint density at radius 3 is 2.29 bits per heavy atom. The Balaban J connectivity index is 2.40. The van der Waals surface area contributed by atoms with Crippen LogP contribution in [-0.2, 0) is 0 Å². The molecule has 2 rings (SSSR count). The Labute approximate surface area is 123 Å². The van der Waals surface area contributed by atoms with E-state index in [-0.39, 0.29) is 16.3 Å². The Morgan fingerprint density at radius 2 is 1.67 bits per heavy atom. The third-order valence-electron chi connectivity index (χ3n) is 2.66. The third kappa shape index (κ3) is 3.17. The summed E-state index contributed by atoms with van der Waals surface area (Å²) in [4.78, 5) is 23.0. The second kappa shape index (κ2) is 5.88. The van der Waals surface area contributed by atoms with Crippen LogP contribution in [0.4, 0.5) is 14.5 Å². The summed E-state index contributed by atoms with van der Waals surface area (Å²) >= 11 is 5.83. The molecule has 4 nitrogen and oxygen atoms in total. The summed E-state index contributed by atoms with van der Waals surface area (Å²) in [5.41, 5.74) is -0.833. The normalized spacial score (nSPS) is 10.2. The van der Waals surface area contributed by atoms with Gasteiger partial charge in [-0.25, -0.2) is 13.6 Å². The Bertz CT molecular complexity index is 734. The van der Waals surface area contributed by atoms with Crippen LogP contribution in [0.5, 0.6) is 0 Å². The minimum Gasteiger partial charge on any atom is -0.478 e. The monoisotopic (exact) mass is 311 g/mol. The number of carbonyl (C=O) groups excluding carboxylic acids is 1. The highest BCUT2D eigenvalue weighted by atomic mass is 35.5. The number of carboxylic acids is 1. The molecule has 0 saturated heterocycles. The van der Waals surface area contributed by atoms with E-state index in [1.807, 2.05) is 0 Å². The predicted octanol–water partition coefficient (Wildman–Crippen LogP) is 3.57. The number of halogens is 3. The maximum Gasteiger partial charge on any atom is 0.337 e. The van der Waals surface area contributed by atoms with Crippen molar-refractivity contribution in [3.8, 4) is 0 Å². The summed E-state index contributed by atoms with van der Waals surface area (Å²) in [7, 11) is 0. The summed E-state index contributed by atoms with van der Waals surface area (Å²) in [6, 6.07) is 7.16. The largest absolute Gasteiger partial charge is 0.478 e. The van der Waals surface area contributed by atoms with Crippen molar-refractivity contribution in [2.24, 2.45) is 0 Å². The molecule has 0 unspecified atom stereocenters. The van der Waals surface area contributed by atoms with E-state index in [0.717, 1.165) is 0 Å². The molecule has 0 atom stereocenters. The third-order valence-corrected chi connectivity index (χ3v) is 2.99. The van der Waals surface area contributed by atoms with Crippen molar-refractivity contribution < 1.29 is 23.5 Å². The lowest BCUT2D eigenvalue weighted by molar-refractivity contribution is 0.0697. The van der Waals surface area contributed by atoms with Crippen molar-refractivity contribution in [2.45, 2.75) is 0 Å². The minimum atomic E-state index is -1.50. The second-order valence-corrected chi connectivity index (χ2v) is 4.46. The summed E-state index contributed by atoms with van der Waals surface area (Å²) in [6.07, 6.45) is 0. The van der Waals surface area contributed by atoms with Crippen LogP contribution in [0.25, 0.3) is 0 Å². The molecule has 7 heteroatoms. The van der Waals surface area contributed by atoms with Gasteiger partial charge in [-0.05, 0) is 18.2 Å². The highest BCUT2D eigenvalue weighted by Crippen LogP contribution is 2.22. The molecule has 2 aromatic rings. The van der Waals surface area contributed by atoms with E-state index in [2.05, 4.69) is 5.32 Å².